The molecule has 0 unspecified atom stereocenters. The van der Waals surface area contributed by atoms with E-state index >= 15 is 0 Å². The highest BCUT2D eigenvalue weighted by atomic mass is 35.5. The maximum Gasteiger partial charge on any atom is 0.331 e. The molecular formula is C21H20ClN3O3. The monoisotopic (exact) mass is 397 g/mol. The normalized spacial score (nSPS) is 10.7. The first-order valence-corrected chi connectivity index (χ1v) is 9.14. The van der Waals surface area contributed by atoms with E-state index in [1.54, 1.807) is 25.1 Å². The highest BCUT2D eigenvalue weighted by Gasteiger charge is 2.12. The van der Waals surface area contributed by atoms with Crippen LogP contribution in [0.25, 0.3) is 0 Å². The van der Waals surface area contributed by atoms with E-state index in [1.165, 1.54) is 16.8 Å². The van der Waals surface area contributed by atoms with Gasteiger partial charge in [-0.25, -0.2) is 4.79 Å². The molecule has 1 amide bonds. The van der Waals surface area contributed by atoms with Crippen molar-refractivity contribution in [3.05, 3.63) is 97.3 Å². The van der Waals surface area contributed by atoms with Crippen molar-refractivity contribution in [3.63, 3.8) is 0 Å². The summed E-state index contributed by atoms with van der Waals surface area (Å²) in [6.45, 7) is 3.70. The summed E-state index contributed by atoms with van der Waals surface area (Å²) in [7, 11) is 0. The Bertz CT molecular complexity index is 1130. The quantitative estimate of drug-likeness (QED) is 0.719. The average Bonchev–Trinajstić information content (AvgIpc) is 2.66. The summed E-state index contributed by atoms with van der Waals surface area (Å²) in [6, 6.07) is 14.2. The molecule has 1 heterocycles. The third kappa shape index (κ3) is 4.40. The zero-order valence-electron chi connectivity index (χ0n) is 15.6. The molecule has 1 aromatic heterocycles. The minimum Gasteiger partial charge on any atom is -0.324 e. The minimum atomic E-state index is -0.536. The van der Waals surface area contributed by atoms with Crippen molar-refractivity contribution in [1.29, 1.82) is 0 Å². The number of anilines is 1. The lowest BCUT2D eigenvalue weighted by atomic mass is 10.1. The number of carbonyl (C=O) groups excluding carboxylic acids is 1. The lowest BCUT2D eigenvalue weighted by Crippen LogP contribution is -2.41. The van der Waals surface area contributed by atoms with Crippen LogP contribution in [-0.2, 0) is 17.9 Å². The Hall–Kier alpha value is -3.12. The Labute approximate surface area is 167 Å². The van der Waals surface area contributed by atoms with E-state index < -0.39 is 17.2 Å². The van der Waals surface area contributed by atoms with Gasteiger partial charge in [0.2, 0.25) is 5.91 Å². The first-order valence-electron chi connectivity index (χ1n) is 8.76. The maximum atomic E-state index is 12.7. The Morgan fingerprint density at radius 1 is 1.04 bits per heavy atom. The number of nitrogens with zero attached hydrogens (tertiary/aromatic N) is 2. The van der Waals surface area contributed by atoms with Gasteiger partial charge in [-0.1, -0.05) is 47.5 Å². The van der Waals surface area contributed by atoms with Gasteiger partial charge in [0.15, 0.2) is 0 Å². The number of halogens is 1. The van der Waals surface area contributed by atoms with Crippen molar-refractivity contribution >= 4 is 23.2 Å². The smallest absolute Gasteiger partial charge is 0.324 e. The highest BCUT2D eigenvalue weighted by molar-refractivity contribution is 6.31. The molecule has 144 valence electrons. The van der Waals surface area contributed by atoms with Crippen LogP contribution in [0.5, 0.6) is 0 Å². The number of hydrogen-bond acceptors (Lipinski definition) is 3. The summed E-state index contributed by atoms with van der Waals surface area (Å²) in [5.74, 6) is -0.474. The molecule has 1 N–H and O–H groups in total. The van der Waals surface area contributed by atoms with Crippen molar-refractivity contribution in [3.8, 4) is 0 Å². The molecule has 0 aliphatic heterocycles. The SMILES string of the molecule is Cc1ccc(Cn2ccc(=O)n(CC(=O)Nc3cccc(Cl)c3C)c2=O)cc1. The van der Waals surface area contributed by atoms with Gasteiger partial charge in [0.25, 0.3) is 5.56 Å². The molecule has 2 aromatic carbocycles. The van der Waals surface area contributed by atoms with E-state index in [-0.39, 0.29) is 6.54 Å². The third-order valence-corrected chi connectivity index (χ3v) is 4.87. The van der Waals surface area contributed by atoms with Crippen molar-refractivity contribution < 1.29 is 4.79 Å². The number of aryl methyl sites for hydroxylation is 1. The van der Waals surface area contributed by atoms with Crippen molar-refractivity contribution in [2.24, 2.45) is 0 Å². The first-order chi connectivity index (χ1) is 13.3. The molecular weight excluding hydrogens is 378 g/mol. The Kier molecular flexibility index (Phi) is 5.80. The largest absolute Gasteiger partial charge is 0.331 e. The fourth-order valence-electron chi connectivity index (χ4n) is 2.79. The van der Waals surface area contributed by atoms with E-state index in [1.807, 2.05) is 31.2 Å². The topological polar surface area (TPSA) is 73.1 Å². The van der Waals surface area contributed by atoms with Crippen molar-refractivity contribution in [1.82, 2.24) is 9.13 Å². The zero-order chi connectivity index (χ0) is 20.3. The van der Waals surface area contributed by atoms with Crippen molar-refractivity contribution in [2.75, 3.05) is 5.32 Å². The summed E-state index contributed by atoms with van der Waals surface area (Å²) >= 11 is 6.06. The average molecular weight is 398 g/mol. The van der Waals surface area contributed by atoms with Gasteiger partial charge in [-0.2, -0.15) is 0 Å². The standard InChI is InChI=1S/C21H20ClN3O3/c1-14-6-8-16(9-7-14)12-24-11-10-20(27)25(21(24)28)13-19(26)23-18-5-3-4-17(22)15(18)2/h3-11H,12-13H2,1-2H3,(H,23,26). The van der Waals surface area contributed by atoms with Gasteiger partial charge >= 0.3 is 5.69 Å². The summed E-state index contributed by atoms with van der Waals surface area (Å²) in [6.07, 6.45) is 1.44. The molecule has 0 radical (unpaired) electrons. The molecule has 0 atom stereocenters. The fourth-order valence-corrected chi connectivity index (χ4v) is 2.96. The predicted octanol–water partition coefficient (Wildman–Crippen LogP) is 2.97. The molecule has 6 nitrogen and oxygen atoms in total. The third-order valence-electron chi connectivity index (χ3n) is 4.46. The molecule has 0 saturated heterocycles. The number of rotatable bonds is 5. The Balaban J connectivity index is 1.82. The van der Waals surface area contributed by atoms with Gasteiger partial charge < -0.3 is 5.32 Å². The van der Waals surface area contributed by atoms with Gasteiger partial charge in [0, 0.05) is 23.0 Å². The van der Waals surface area contributed by atoms with Crippen LogP contribution in [0.4, 0.5) is 5.69 Å². The van der Waals surface area contributed by atoms with Crippen LogP contribution in [0, 0.1) is 13.8 Å². The van der Waals surface area contributed by atoms with Gasteiger partial charge in [-0.05, 0) is 37.1 Å². The van der Waals surface area contributed by atoms with E-state index in [9.17, 15) is 14.4 Å². The molecule has 0 aliphatic carbocycles. The molecule has 0 bridgehead atoms. The Morgan fingerprint density at radius 3 is 2.46 bits per heavy atom. The van der Waals surface area contributed by atoms with Gasteiger partial charge in [-0.3, -0.25) is 18.7 Å². The number of amides is 1. The molecule has 3 rings (SSSR count). The molecule has 0 aliphatic rings. The molecule has 0 spiro atoms. The lowest BCUT2D eigenvalue weighted by molar-refractivity contribution is -0.116. The van der Waals surface area contributed by atoms with Gasteiger partial charge in [0.1, 0.15) is 6.54 Å². The highest BCUT2D eigenvalue weighted by Crippen LogP contribution is 2.22. The maximum absolute atomic E-state index is 12.7. The van der Waals surface area contributed by atoms with Crippen LogP contribution in [0.3, 0.4) is 0 Å². The van der Waals surface area contributed by atoms with E-state index in [0.29, 0.717) is 17.3 Å². The second-order valence-electron chi connectivity index (χ2n) is 6.60. The van der Waals surface area contributed by atoms with Gasteiger partial charge in [-0.15, -0.1) is 0 Å². The van der Waals surface area contributed by atoms with Crippen LogP contribution in [0.15, 0.2) is 64.3 Å². The fraction of sp³-hybridized carbons (Fsp3) is 0.190. The molecule has 28 heavy (non-hydrogen) atoms. The van der Waals surface area contributed by atoms with Crippen LogP contribution in [0.1, 0.15) is 16.7 Å². The van der Waals surface area contributed by atoms with Crippen LogP contribution in [0.2, 0.25) is 5.02 Å². The number of hydrogen-bond donors (Lipinski definition) is 1. The number of carbonyl (C=O) groups is 1. The second-order valence-corrected chi connectivity index (χ2v) is 7.00. The van der Waals surface area contributed by atoms with E-state index in [0.717, 1.165) is 21.3 Å². The van der Waals surface area contributed by atoms with Crippen molar-refractivity contribution in [2.45, 2.75) is 26.9 Å². The summed E-state index contributed by atoms with van der Waals surface area (Å²) in [5.41, 5.74) is 2.25. The van der Waals surface area contributed by atoms with Crippen LogP contribution >= 0.6 is 11.6 Å². The lowest BCUT2D eigenvalue weighted by Gasteiger charge is -2.12. The minimum absolute atomic E-state index is 0.314. The predicted molar refractivity (Wildman–Crippen MR) is 110 cm³/mol. The van der Waals surface area contributed by atoms with Crippen LogP contribution in [-0.4, -0.2) is 15.0 Å². The zero-order valence-corrected chi connectivity index (χ0v) is 16.4. The summed E-state index contributed by atoms with van der Waals surface area (Å²) < 4.78 is 2.33. The number of benzene rings is 2. The van der Waals surface area contributed by atoms with Crippen LogP contribution < -0.4 is 16.6 Å². The Morgan fingerprint density at radius 2 is 1.75 bits per heavy atom. The molecule has 3 aromatic rings. The second kappa shape index (κ2) is 8.27. The molecule has 0 saturated carbocycles. The summed E-state index contributed by atoms with van der Waals surface area (Å²) in [4.78, 5) is 37.2. The van der Waals surface area contributed by atoms with Gasteiger partial charge in [0.05, 0.1) is 6.54 Å². The summed E-state index contributed by atoms with van der Waals surface area (Å²) in [5, 5.41) is 3.22. The molecule has 0 fully saturated rings. The van der Waals surface area contributed by atoms with E-state index in [4.69, 9.17) is 11.6 Å². The number of aromatic nitrogens is 2. The first kappa shape index (κ1) is 19.6. The van der Waals surface area contributed by atoms with E-state index in [2.05, 4.69) is 5.32 Å². The molecule has 7 heteroatoms. The number of nitrogens with one attached hydrogen (secondary N) is 1.